The summed E-state index contributed by atoms with van der Waals surface area (Å²) in [7, 11) is 0. The molecule has 6 nitrogen and oxygen atoms in total. The van der Waals surface area contributed by atoms with E-state index in [1.807, 2.05) is 56.3 Å². The van der Waals surface area contributed by atoms with Crippen LogP contribution in [0.15, 0.2) is 54.6 Å². The van der Waals surface area contributed by atoms with Crippen molar-refractivity contribution in [2.75, 3.05) is 23.3 Å². The van der Waals surface area contributed by atoms with Crippen LogP contribution in [0.4, 0.5) is 11.5 Å². The molecule has 1 fully saturated rings. The van der Waals surface area contributed by atoms with E-state index in [0.29, 0.717) is 11.4 Å². The number of benzene rings is 2. The number of amides is 1. The van der Waals surface area contributed by atoms with Crippen LogP contribution in [-0.2, 0) is 4.79 Å². The van der Waals surface area contributed by atoms with Gasteiger partial charge in [-0.3, -0.25) is 4.79 Å². The lowest BCUT2D eigenvalue weighted by Crippen LogP contribution is -2.30. The maximum absolute atomic E-state index is 12.6. The van der Waals surface area contributed by atoms with Crippen molar-refractivity contribution in [3.63, 3.8) is 0 Å². The van der Waals surface area contributed by atoms with Gasteiger partial charge in [0.2, 0.25) is 0 Å². The third-order valence-electron chi connectivity index (χ3n) is 5.91. The average Bonchev–Trinajstić information content (AvgIpc) is 3.09. The second-order valence-corrected chi connectivity index (χ2v) is 8.83. The molecule has 0 aliphatic carbocycles. The van der Waals surface area contributed by atoms with Crippen molar-refractivity contribution < 1.29 is 9.53 Å². The quantitative estimate of drug-likeness (QED) is 0.540. The van der Waals surface area contributed by atoms with Crippen LogP contribution in [0.3, 0.4) is 0 Å². The summed E-state index contributed by atoms with van der Waals surface area (Å²) >= 11 is 0. The third kappa shape index (κ3) is 6.09. The van der Waals surface area contributed by atoms with Gasteiger partial charge < -0.3 is 15.0 Å². The summed E-state index contributed by atoms with van der Waals surface area (Å²) in [4.78, 5) is 14.9. The van der Waals surface area contributed by atoms with E-state index in [1.165, 1.54) is 25.7 Å². The van der Waals surface area contributed by atoms with Gasteiger partial charge in [0.15, 0.2) is 11.9 Å². The van der Waals surface area contributed by atoms with Gasteiger partial charge in [0.1, 0.15) is 5.75 Å². The van der Waals surface area contributed by atoms with Crippen LogP contribution in [0.1, 0.15) is 43.7 Å². The molecular weight excluding hydrogens is 412 g/mol. The predicted molar refractivity (Wildman–Crippen MR) is 133 cm³/mol. The number of hydrogen-bond acceptors (Lipinski definition) is 5. The van der Waals surface area contributed by atoms with Crippen LogP contribution >= 0.6 is 0 Å². The lowest BCUT2D eigenvalue weighted by atomic mass is 10.1. The molecule has 33 heavy (non-hydrogen) atoms. The molecule has 0 bridgehead atoms. The van der Waals surface area contributed by atoms with Crippen LogP contribution < -0.4 is 15.0 Å². The van der Waals surface area contributed by atoms with E-state index in [9.17, 15) is 4.79 Å². The van der Waals surface area contributed by atoms with E-state index in [2.05, 4.69) is 32.5 Å². The normalized spacial score (nSPS) is 14.9. The van der Waals surface area contributed by atoms with E-state index in [0.717, 1.165) is 41.3 Å². The number of nitrogens with zero attached hydrogens (tertiary/aromatic N) is 3. The van der Waals surface area contributed by atoms with Gasteiger partial charge in [-0.25, -0.2) is 0 Å². The maximum atomic E-state index is 12.6. The molecule has 0 saturated carbocycles. The first kappa shape index (κ1) is 22.8. The van der Waals surface area contributed by atoms with Crippen molar-refractivity contribution in [1.82, 2.24) is 10.2 Å². The van der Waals surface area contributed by atoms with Gasteiger partial charge in [0.25, 0.3) is 5.91 Å². The molecule has 1 amide bonds. The molecule has 0 spiro atoms. The number of nitrogens with one attached hydrogen (secondary N) is 1. The Labute approximate surface area is 196 Å². The maximum Gasteiger partial charge on any atom is 0.265 e. The molecule has 1 saturated heterocycles. The molecule has 0 radical (unpaired) electrons. The highest BCUT2D eigenvalue weighted by molar-refractivity contribution is 5.94. The van der Waals surface area contributed by atoms with Gasteiger partial charge in [0, 0.05) is 24.3 Å². The molecule has 172 valence electrons. The molecule has 4 rings (SSSR count). The molecule has 1 aromatic heterocycles. The minimum absolute atomic E-state index is 0.191. The Morgan fingerprint density at radius 3 is 2.18 bits per heavy atom. The topological polar surface area (TPSA) is 67.3 Å². The summed E-state index contributed by atoms with van der Waals surface area (Å²) in [6.45, 7) is 7.88. The van der Waals surface area contributed by atoms with Crippen molar-refractivity contribution in [3.8, 4) is 17.0 Å². The number of aryl methyl sites for hydroxylation is 2. The highest BCUT2D eigenvalue weighted by Crippen LogP contribution is 2.23. The number of anilines is 2. The van der Waals surface area contributed by atoms with E-state index in [4.69, 9.17) is 4.74 Å². The molecule has 1 unspecified atom stereocenters. The number of ether oxygens (including phenoxy) is 1. The first-order valence-corrected chi connectivity index (χ1v) is 11.7. The fourth-order valence-corrected chi connectivity index (χ4v) is 4.17. The Morgan fingerprint density at radius 2 is 1.58 bits per heavy atom. The fraction of sp³-hybridized carbons (Fsp3) is 0.370. The second kappa shape index (κ2) is 10.5. The van der Waals surface area contributed by atoms with Gasteiger partial charge in [0.05, 0.1) is 5.69 Å². The Morgan fingerprint density at radius 1 is 0.909 bits per heavy atom. The van der Waals surface area contributed by atoms with Crippen LogP contribution in [0.2, 0.25) is 0 Å². The van der Waals surface area contributed by atoms with Gasteiger partial charge in [-0.05, 0) is 81.1 Å². The highest BCUT2D eigenvalue weighted by atomic mass is 16.5. The van der Waals surface area contributed by atoms with Crippen molar-refractivity contribution in [1.29, 1.82) is 0 Å². The summed E-state index contributed by atoms with van der Waals surface area (Å²) in [5.41, 5.74) is 4.71. The molecule has 2 heterocycles. The van der Waals surface area contributed by atoms with Crippen molar-refractivity contribution in [2.45, 2.75) is 52.6 Å². The highest BCUT2D eigenvalue weighted by Gasteiger charge is 2.16. The van der Waals surface area contributed by atoms with Crippen LogP contribution in [0, 0.1) is 13.8 Å². The zero-order valence-corrected chi connectivity index (χ0v) is 19.7. The molecule has 1 atom stereocenters. The van der Waals surface area contributed by atoms with Crippen LogP contribution in [-0.4, -0.2) is 35.3 Å². The van der Waals surface area contributed by atoms with E-state index >= 15 is 0 Å². The summed E-state index contributed by atoms with van der Waals surface area (Å²) < 4.78 is 5.84. The summed E-state index contributed by atoms with van der Waals surface area (Å²) in [6, 6.07) is 17.7. The third-order valence-corrected chi connectivity index (χ3v) is 5.91. The lowest BCUT2D eigenvalue weighted by Gasteiger charge is -2.20. The Kier molecular flexibility index (Phi) is 7.23. The minimum atomic E-state index is -0.608. The number of aromatic nitrogens is 2. The minimum Gasteiger partial charge on any atom is -0.481 e. The molecule has 1 aliphatic rings. The number of carbonyl (C=O) groups is 1. The van der Waals surface area contributed by atoms with Crippen molar-refractivity contribution in [2.24, 2.45) is 0 Å². The molecule has 2 aromatic carbocycles. The summed E-state index contributed by atoms with van der Waals surface area (Å²) in [5, 5.41) is 11.8. The monoisotopic (exact) mass is 444 g/mol. The van der Waals surface area contributed by atoms with E-state index in [1.54, 1.807) is 6.92 Å². The average molecular weight is 445 g/mol. The molecule has 6 heteroatoms. The number of hydrogen-bond donors (Lipinski definition) is 1. The predicted octanol–water partition coefficient (Wildman–Crippen LogP) is 5.55. The van der Waals surface area contributed by atoms with Gasteiger partial charge in [-0.2, -0.15) is 0 Å². The standard InChI is InChI=1S/C27H32N4O2/c1-19-16-20(2)18-24(17-19)33-21(3)27(32)28-23-10-8-22(9-11-23)25-12-13-26(30-29-25)31-14-6-4-5-7-15-31/h8-13,16-18,21H,4-7,14-15H2,1-3H3,(H,28,32). The largest absolute Gasteiger partial charge is 0.481 e. The Hall–Kier alpha value is -3.41. The first-order chi connectivity index (χ1) is 16.0. The van der Waals surface area contributed by atoms with Crippen molar-refractivity contribution >= 4 is 17.4 Å². The van der Waals surface area contributed by atoms with Gasteiger partial charge in [-0.1, -0.05) is 31.0 Å². The Bertz CT molecular complexity index is 1050. The molecule has 1 aliphatic heterocycles. The zero-order chi connectivity index (χ0) is 23.2. The van der Waals surface area contributed by atoms with Crippen molar-refractivity contribution in [3.05, 3.63) is 65.7 Å². The zero-order valence-electron chi connectivity index (χ0n) is 19.7. The molecular formula is C27H32N4O2. The first-order valence-electron chi connectivity index (χ1n) is 11.7. The van der Waals surface area contributed by atoms with E-state index < -0.39 is 6.10 Å². The Balaban J connectivity index is 1.36. The van der Waals surface area contributed by atoms with Crippen LogP contribution in [0.5, 0.6) is 5.75 Å². The lowest BCUT2D eigenvalue weighted by molar-refractivity contribution is -0.122. The van der Waals surface area contributed by atoms with E-state index in [-0.39, 0.29) is 5.91 Å². The van der Waals surface area contributed by atoms with Gasteiger partial charge in [-0.15, -0.1) is 10.2 Å². The number of rotatable bonds is 6. The van der Waals surface area contributed by atoms with Crippen LogP contribution in [0.25, 0.3) is 11.3 Å². The second-order valence-electron chi connectivity index (χ2n) is 8.83. The molecule has 1 N–H and O–H groups in total. The number of carbonyl (C=O) groups excluding carboxylic acids is 1. The summed E-state index contributed by atoms with van der Waals surface area (Å²) in [5.74, 6) is 1.46. The van der Waals surface area contributed by atoms with Gasteiger partial charge >= 0.3 is 0 Å². The molecule has 3 aromatic rings. The summed E-state index contributed by atoms with van der Waals surface area (Å²) in [6.07, 6.45) is 4.40. The smallest absolute Gasteiger partial charge is 0.265 e. The SMILES string of the molecule is Cc1cc(C)cc(OC(C)C(=O)Nc2ccc(-c3ccc(N4CCCCCC4)nn3)cc2)c1. The fourth-order valence-electron chi connectivity index (χ4n) is 4.17.